The summed E-state index contributed by atoms with van der Waals surface area (Å²) in [7, 11) is 0. The van der Waals surface area contributed by atoms with Gasteiger partial charge in [0, 0.05) is 27.2 Å². The van der Waals surface area contributed by atoms with Gasteiger partial charge in [-0.15, -0.1) is 0 Å². The van der Waals surface area contributed by atoms with Crippen LogP contribution in [0, 0.1) is 5.92 Å². The lowest BCUT2D eigenvalue weighted by Crippen LogP contribution is -2.38. The van der Waals surface area contributed by atoms with Gasteiger partial charge in [0.2, 0.25) is 5.91 Å². The Balaban J connectivity index is 1.16. The zero-order valence-corrected chi connectivity index (χ0v) is 21.5. The molecule has 1 aliphatic rings. The van der Waals surface area contributed by atoms with Crippen molar-refractivity contribution in [2.75, 3.05) is 18.4 Å². The van der Waals surface area contributed by atoms with E-state index in [-0.39, 0.29) is 11.8 Å². The number of rotatable bonds is 5. The summed E-state index contributed by atoms with van der Waals surface area (Å²) in [5.41, 5.74) is 4.11. The van der Waals surface area contributed by atoms with Crippen LogP contribution in [0.4, 0.5) is 5.69 Å². The predicted molar refractivity (Wildman–Crippen MR) is 149 cm³/mol. The summed E-state index contributed by atoms with van der Waals surface area (Å²) < 4.78 is 3.31. The van der Waals surface area contributed by atoms with E-state index in [9.17, 15) is 4.79 Å². The molecule has 1 aliphatic heterocycles. The molecule has 1 N–H and O–H groups in total. The molecule has 1 amide bonds. The summed E-state index contributed by atoms with van der Waals surface area (Å²) in [6.07, 6.45) is 1.68. The largest absolute Gasteiger partial charge is 0.325 e. The lowest BCUT2D eigenvalue weighted by molar-refractivity contribution is -0.121. The second kappa shape index (κ2) is 9.88. The number of aromatic nitrogens is 2. The Bertz CT molecular complexity index is 1530. The molecule has 5 nitrogen and oxygen atoms in total. The average molecular weight is 539 g/mol. The van der Waals surface area contributed by atoms with Crippen LogP contribution in [0.25, 0.3) is 27.5 Å². The SMILES string of the molecule is O=C(Nc1cccc2ccccc12)C1CCN(Cc2nc3ccccc3n2-c2ccc(Br)cc2)CC1. The van der Waals surface area contributed by atoms with Crippen molar-refractivity contribution in [1.29, 1.82) is 0 Å². The number of para-hydroxylation sites is 2. The van der Waals surface area contributed by atoms with Crippen LogP contribution >= 0.6 is 15.9 Å². The molecule has 2 heterocycles. The van der Waals surface area contributed by atoms with Gasteiger partial charge in [-0.25, -0.2) is 4.98 Å². The summed E-state index contributed by atoms with van der Waals surface area (Å²) >= 11 is 3.54. The first kappa shape index (κ1) is 23.0. The van der Waals surface area contributed by atoms with Gasteiger partial charge in [-0.3, -0.25) is 14.3 Å². The number of anilines is 1. The number of hydrogen-bond donors (Lipinski definition) is 1. The Morgan fingerprint density at radius 2 is 1.61 bits per heavy atom. The Labute approximate surface area is 218 Å². The lowest BCUT2D eigenvalue weighted by Gasteiger charge is -2.31. The summed E-state index contributed by atoms with van der Waals surface area (Å²) in [6.45, 7) is 2.50. The molecule has 1 saturated heterocycles. The first-order valence-corrected chi connectivity index (χ1v) is 13.2. The first-order valence-electron chi connectivity index (χ1n) is 12.4. The normalized spacial score (nSPS) is 14.9. The van der Waals surface area contributed by atoms with E-state index in [0.29, 0.717) is 0 Å². The van der Waals surface area contributed by atoms with E-state index in [1.807, 2.05) is 30.3 Å². The van der Waals surface area contributed by atoms with Crippen molar-refractivity contribution < 1.29 is 4.79 Å². The highest BCUT2D eigenvalue weighted by Gasteiger charge is 2.26. The highest BCUT2D eigenvalue weighted by molar-refractivity contribution is 9.10. The van der Waals surface area contributed by atoms with Crippen molar-refractivity contribution in [2.24, 2.45) is 5.92 Å². The van der Waals surface area contributed by atoms with E-state index in [1.54, 1.807) is 0 Å². The quantitative estimate of drug-likeness (QED) is 0.268. The van der Waals surface area contributed by atoms with Gasteiger partial charge in [0.15, 0.2) is 0 Å². The smallest absolute Gasteiger partial charge is 0.227 e. The van der Waals surface area contributed by atoms with Crippen LogP contribution in [0.2, 0.25) is 0 Å². The van der Waals surface area contributed by atoms with Gasteiger partial charge in [0.1, 0.15) is 5.82 Å². The molecule has 0 bridgehead atoms. The predicted octanol–water partition coefficient (Wildman–Crippen LogP) is 6.79. The number of imidazole rings is 1. The number of halogens is 1. The number of carbonyl (C=O) groups is 1. The van der Waals surface area contributed by atoms with Crippen molar-refractivity contribution in [3.8, 4) is 5.69 Å². The number of hydrogen-bond acceptors (Lipinski definition) is 3. The Morgan fingerprint density at radius 1 is 0.889 bits per heavy atom. The highest BCUT2D eigenvalue weighted by atomic mass is 79.9. The number of carbonyl (C=O) groups excluding carboxylic acids is 1. The molecular formula is C30H27BrN4O. The van der Waals surface area contributed by atoms with Gasteiger partial charge in [-0.2, -0.15) is 0 Å². The van der Waals surface area contributed by atoms with E-state index in [4.69, 9.17) is 4.98 Å². The molecule has 6 rings (SSSR count). The van der Waals surface area contributed by atoms with Crippen molar-refractivity contribution in [3.63, 3.8) is 0 Å². The molecule has 0 atom stereocenters. The molecule has 5 aromatic rings. The number of fused-ring (bicyclic) bond motifs is 2. The minimum absolute atomic E-state index is 0.0190. The standard InChI is InChI=1S/C30H27BrN4O/c31-23-12-14-24(15-13-23)35-28-11-4-3-9-27(28)32-29(35)20-34-18-16-22(17-19-34)30(36)33-26-10-5-7-21-6-1-2-8-25(21)26/h1-15,22H,16-20H2,(H,33,36). The molecule has 4 aromatic carbocycles. The van der Waals surface area contributed by atoms with Crippen LogP contribution in [0.3, 0.4) is 0 Å². The van der Waals surface area contributed by atoms with E-state index >= 15 is 0 Å². The maximum Gasteiger partial charge on any atom is 0.227 e. The molecule has 36 heavy (non-hydrogen) atoms. The molecule has 1 aromatic heterocycles. The maximum atomic E-state index is 13.1. The van der Waals surface area contributed by atoms with Crippen molar-refractivity contribution in [3.05, 3.63) is 101 Å². The number of nitrogens with one attached hydrogen (secondary N) is 1. The van der Waals surface area contributed by atoms with Gasteiger partial charge in [0.05, 0.1) is 17.6 Å². The van der Waals surface area contributed by atoms with Gasteiger partial charge < -0.3 is 5.32 Å². The Kier molecular flexibility index (Phi) is 6.30. The second-order valence-corrected chi connectivity index (χ2v) is 10.3. The number of nitrogens with zero attached hydrogens (tertiary/aromatic N) is 3. The van der Waals surface area contributed by atoms with Gasteiger partial charge >= 0.3 is 0 Å². The van der Waals surface area contributed by atoms with E-state index in [0.717, 1.165) is 76.0 Å². The minimum atomic E-state index is 0.0190. The zero-order valence-electron chi connectivity index (χ0n) is 19.9. The summed E-state index contributed by atoms with van der Waals surface area (Å²) in [4.78, 5) is 20.5. The summed E-state index contributed by atoms with van der Waals surface area (Å²) in [5, 5.41) is 5.41. The molecular weight excluding hydrogens is 512 g/mol. The maximum absolute atomic E-state index is 13.1. The van der Waals surface area contributed by atoms with Gasteiger partial charge in [0.25, 0.3) is 0 Å². The lowest BCUT2D eigenvalue weighted by atomic mass is 9.95. The van der Waals surface area contributed by atoms with Crippen LogP contribution in [-0.4, -0.2) is 33.4 Å². The van der Waals surface area contributed by atoms with E-state index in [1.165, 1.54) is 0 Å². The fraction of sp³-hybridized carbons (Fsp3) is 0.200. The van der Waals surface area contributed by atoms with Crippen molar-refractivity contribution in [1.82, 2.24) is 14.5 Å². The zero-order chi connectivity index (χ0) is 24.5. The molecule has 180 valence electrons. The van der Waals surface area contributed by atoms with Gasteiger partial charge in [-0.1, -0.05) is 64.5 Å². The van der Waals surface area contributed by atoms with Crippen molar-refractivity contribution in [2.45, 2.75) is 19.4 Å². The minimum Gasteiger partial charge on any atom is -0.325 e. The van der Waals surface area contributed by atoms with Crippen molar-refractivity contribution >= 4 is 49.3 Å². The summed E-state index contributed by atoms with van der Waals surface area (Å²) in [5.74, 6) is 1.16. The molecule has 0 spiro atoms. The highest BCUT2D eigenvalue weighted by Crippen LogP contribution is 2.28. The molecule has 1 fully saturated rings. The van der Waals surface area contributed by atoms with E-state index in [2.05, 4.69) is 91.4 Å². The first-order chi connectivity index (χ1) is 17.7. The molecule has 0 radical (unpaired) electrons. The topological polar surface area (TPSA) is 50.2 Å². The number of piperidine rings is 1. The molecule has 6 heteroatoms. The monoisotopic (exact) mass is 538 g/mol. The third-order valence-electron chi connectivity index (χ3n) is 7.09. The number of benzene rings is 4. The Hall–Kier alpha value is -3.48. The Morgan fingerprint density at radius 3 is 2.44 bits per heavy atom. The average Bonchev–Trinajstić information content (AvgIpc) is 3.27. The van der Waals surface area contributed by atoms with Crippen LogP contribution in [0.1, 0.15) is 18.7 Å². The van der Waals surface area contributed by atoms with Gasteiger partial charge in [-0.05, 0) is 73.8 Å². The third-order valence-corrected chi connectivity index (χ3v) is 7.61. The van der Waals surface area contributed by atoms with Crippen LogP contribution in [-0.2, 0) is 11.3 Å². The van der Waals surface area contributed by atoms with Crippen LogP contribution in [0.15, 0.2) is 95.5 Å². The third kappa shape index (κ3) is 4.54. The van der Waals surface area contributed by atoms with E-state index < -0.39 is 0 Å². The fourth-order valence-corrected chi connectivity index (χ4v) is 5.45. The van der Waals surface area contributed by atoms with Crippen LogP contribution < -0.4 is 5.32 Å². The molecule has 0 unspecified atom stereocenters. The van der Waals surface area contributed by atoms with Crippen LogP contribution in [0.5, 0.6) is 0 Å². The fourth-order valence-electron chi connectivity index (χ4n) is 5.18. The summed E-state index contributed by atoms with van der Waals surface area (Å²) in [6, 6.07) is 30.9. The number of amides is 1. The second-order valence-electron chi connectivity index (χ2n) is 9.39. The number of likely N-dealkylation sites (tertiary alicyclic amines) is 1. The molecule has 0 saturated carbocycles. The molecule has 0 aliphatic carbocycles.